The number of hydrogen-bond donors (Lipinski definition) is 0. The Labute approximate surface area is 136 Å². The van der Waals surface area contributed by atoms with Crippen LogP contribution in [-0.4, -0.2) is 57.6 Å². The molecule has 1 unspecified atom stereocenters. The number of aromatic nitrogens is 4. The van der Waals surface area contributed by atoms with E-state index in [2.05, 4.69) is 36.8 Å². The first kappa shape index (κ1) is 15.6. The van der Waals surface area contributed by atoms with Crippen LogP contribution in [0.25, 0.3) is 0 Å². The van der Waals surface area contributed by atoms with Crippen molar-refractivity contribution in [2.24, 2.45) is 0 Å². The average Bonchev–Trinajstić information content (AvgIpc) is 3.07. The Balaban J connectivity index is 1.60. The highest BCUT2D eigenvalue weighted by molar-refractivity contribution is 5.42. The van der Waals surface area contributed by atoms with Gasteiger partial charge in [0.05, 0.1) is 13.2 Å². The molecular formula is C16H22N6O. The molecule has 0 bridgehead atoms. The summed E-state index contributed by atoms with van der Waals surface area (Å²) in [5.74, 6) is 2.41. The first-order valence-corrected chi connectivity index (χ1v) is 7.92. The van der Waals surface area contributed by atoms with E-state index in [9.17, 15) is 0 Å². The largest absolute Gasteiger partial charge is 0.478 e. The lowest BCUT2D eigenvalue weighted by Crippen LogP contribution is -2.34. The van der Waals surface area contributed by atoms with Gasteiger partial charge in [0, 0.05) is 37.6 Å². The first-order valence-electron chi connectivity index (χ1n) is 7.92. The van der Waals surface area contributed by atoms with Crippen LogP contribution in [0.15, 0.2) is 30.9 Å². The van der Waals surface area contributed by atoms with Crippen LogP contribution in [0.2, 0.25) is 0 Å². The number of nitrogens with zero attached hydrogens (tertiary/aromatic N) is 6. The SMILES string of the molecule is CCOc1cc(N2CCC(N(C)Cc3ncccn3)C2)ncn1. The van der Waals surface area contributed by atoms with E-state index in [1.54, 1.807) is 18.7 Å². The molecule has 122 valence electrons. The maximum absolute atomic E-state index is 5.45. The van der Waals surface area contributed by atoms with Crippen molar-refractivity contribution in [3.05, 3.63) is 36.7 Å². The number of anilines is 1. The van der Waals surface area contributed by atoms with Gasteiger partial charge >= 0.3 is 0 Å². The molecule has 1 aliphatic rings. The van der Waals surface area contributed by atoms with Crippen LogP contribution in [-0.2, 0) is 6.54 Å². The maximum Gasteiger partial charge on any atom is 0.218 e. The van der Waals surface area contributed by atoms with Crippen LogP contribution >= 0.6 is 0 Å². The predicted octanol–water partition coefficient (Wildman–Crippen LogP) is 1.38. The second kappa shape index (κ2) is 7.32. The lowest BCUT2D eigenvalue weighted by molar-refractivity contribution is 0.244. The lowest BCUT2D eigenvalue weighted by atomic mass is 10.2. The highest BCUT2D eigenvalue weighted by Gasteiger charge is 2.27. The summed E-state index contributed by atoms with van der Waals surface area (Å²) in [5, 5.41) is 0. The van der Waals surface area contributed by atoms with E-state index in [4.69, 9.17) is 4.74 Å². The monoisotopic (exact) mass is 314 g/mol. The van der Waals surface area contributed by atoms with Crippen LogP contribution in [0.4, 0.5) is 5.82 Å². The zero-order valence-corrected chi connectivity index (χ0v) is 13.6. The minimum Gasteiger partial charge on any atom is -0.478 e. The van der Waals surface area contributed by atoms with Crippen molar-refractivity contribution >= 4 is 5.82 Å². The third-order valence-corrected chi connectivity index (χ3v) is 4.04. The Morgan fingerprint density at radius 1 is 1.26 bits per heavy atom. The predicted molar refractivity (Wildman–Crippen MR) is 87.3 cm³/mol. The molecule has 0 radical (unpaired) electrons. The van der Waals surface area contributed by atoms with Gasteiger partial charge < -0.3 is 9.64 Å². The van der Waals surface area contributed by atoms with Crippen LogP contribution in [0.3, 0.4) is 0 Å². The summed E-state index contributed by atoms with van der Waals surface area (Å²) in [7, 11) is 2.12. The van der Waals surface area contributed by atoms with Gasteiger partial charge in [0.2, 0.25) is 5.88 Å². The number of likely N-dealkylation sites (N-methyl/N-ethyl adjacent to an activating group) is 1. The zero-order chi connectivity index (χ0) is 16.1. The molecule has 0 saturated carbocycles. The van der Waals surface area contributed by atoms with Gasteiger partial charge in [-0.05, 0) is 26.5 Å². The van der Waals surface area contributed by atoms with Gasteiger partial charge in [-0.15, -0.1) is 0 Å². The minimum absolute atomic E-state index is 0.462. The Kier molecular flexibility index (Phi) is 4.97. The summed E-state index contributed by atoms with van der Waals surface area (Å²) in [6.45, 7) is 5.24. The summed E-state index contributed by atoms with van der Waals surface area (Å²) in [6.07, 6.45) is 6.23. The summed E-state index contributed by atoms with van der Waals surface area (Å²) < 4.78 is 5.45. The van der Waals surface area contributed by atoms with E-state index < -0.39 is 0 Å². The van der Waals surface area contributed by atoms with Gasteiger partial charge in [-0.2, -0.15) is 0 Å². The molecule has 2 aromatic heterocycles. The summed E-state index contributed by atoms with van der Waals surface area (Å²) >= 11 is 0. The van der Waals surface area contributed by atoms with E-state index in [1.165, 1.54) is 0 Å². The molecule has 0 aromatic carbocycles. The highest BCUT2D eigenvalue weighted by atomic mass is 16.5. The molecule has 1 fully saturated rings. The molecule has 0 N–H and O–H groups in total. The quantitative estimate of drug-likeness (QED) is 0.798. The molecule has 0 spiro atoms. The first-order chi connectivity index (χ1) is 11.3. The van der Waals surface area contributed by atoms with Crippen molar-refractivity contribution < 1.29 is 4.74 Å². The molecule has 1 aliphatic heterocycles. The smallest absolute Gasteiger partial charge is 0.218 e. The second-order valence-corrected chi connectivity index (χ2v) is 5.62. The fraction of sp³-hybridized carbons (Fsp3) is 0.500. The van der Waals surface area contributed by atoms with E-state index in [0.717, 1.165) is 37.7 Å². The summed E-state index contributed by atoms with van der Waals surface area (Å²) in [5.41, 5.74) is 0. The molecular weight excluding hydrogens is 292 g/mol. The number of ether oxygens (including phenoxy) is 1. The minimum atomic E-state index is 0.462. The fourth-order valence-corrected chi connectivity index (χ4v) is 2.80. The maximum atomic E-state index is 5.45. The Morgan fingerprint density at radius 3 is 2.87 bits per heavy atom. The third kappa shape index (κ3) is 3.92. The molecule has 0 amide bonds. The van der Waals surface area contributed by atoms with E-state index >= 15 is 0 Å². The summed E-state index contributed by atoms with van der Waals surface area (Å²) in [4.78, 5) is 21.7. The van der Waals surface area contributed by atoms with Crippen molar-refractivity contribution in [2.45, 2.75) is 25.9 Å². The van der Waals surface area contributed by atoms with Crippen molar-refractivity contribution in [1.82, 2.24) is 24.8 Å². The second-order valence-electron chi connectivity index (χ2n) is 5.62. The number of rotatable bonds is 6. The molecule has 0 aliphatic carbocycles. The van der Waals surface area contributed by atoms with Crippen LogP contribution in [0.5, 0.6) is 5.88 Å². The Hall–Kier alpha value is -2.28. The average molecular weight is 314 g/mol. The van der Waals surface area contributed by atoms with Crippen LogP contribution in [0.1, 0.15) is 19.2 Å². The molecule has 7 nitrogen and oxygen atoms in total. The van der Waals surface area contributed by atoms with Gasteiger partial charge in [0.1, 0.15) is 18.0 Å². The Morgan fingerprint density at radius 2 is 2.09 bits per heavy atom. The zero-order valence-electron chi connectivity index (χ0n) is 13.6. The normalized spacial score (nSPS) is 17.7. The summed E-state index contributed by atoms with van der Waals surface area (Å²) in [6, 6.07) is 4.21. The molecule has 7 heteroatoms. The van der Waals surface area contributed by atoms with Crippen molar-refractivity contribution in [3.63, 3.8) is 0 Å². The number of hydrogen-bond acceptors (Lipinski definition) is 7. The van der Waals surface area contributed by atoms with Crippen LogP contribution < -0.4 is 9.64 Å². The Bertz CT molecular complexity index is 623. The third-order valence-electron chi connectivity index (χ3n) is 4.04. The molecule has 1 saturated heterocycles. The highest BCUT2D eigenvalue weighted by Crippen LogP contribution is 2.23. The molecule has 23 heavy (non-hydrogen) atoms. The lowest BCUT2D eigenvalue weighted by Gasteiger charge is -2.24. The fourth-order valence-electron chi connectivity index (χ4n) is 2.80. The van der Waals surface area contributed by atoms with Gasteiger partial charge in [-0.1, -0.05) is 0 Å². The molecule has 3 rings (SSSR count). The standard InChI is InChI=1S/C16H22N6O/c1-3-23-16-9-15(19-12-20-16)22-8-5-13(10-22)21(2)11-14-17-6-4-7-18-14/h4,6-7,9,12-13H,3,5,8,10-11H2,1-2H3. The van der Waals surface area contributed by atoms with E-state index in [1.807, 2.05) is 19.1 Å². The van der Waals surface area contributed by atoms with Crippen molar-refractivity contribution in [2.75, 3.05) is 31.6 Å². The van der Waals surface area contributed by atoms with Gasteiger partial charge in [0.25, 0.3) is 0 Å². The van der Waals surface area contributed by atoms with Crippen LogP contribution in [0, 0.1) is 0 Å². The molecule has 1 atom stereocenters. The van der Waals surface area contributed by atoms with Gasteiger partial charge in [-0.25, -0.2) is 19.9 Å². The van der Waals surface area contributed by atoms with Crippen molar-refractivity contribution in [3.8, 4) is 5.88 Å². The van der Waals surface area contributed by atoms with E-state index in [0.29, 0.717) is 18.5 Å². The topological polar surface area (TPSA) is 67.3 Å². The van der Waals surface area contributed by atoms with Gasteiger partial charge in [-0.3, -0.25) is 4.90 Å². The van der Waals surface area contributed by atoms with Gasteiger partial charge in [0.15, 0.2) is 0 Å². The van der Waals surface area contributed by atoms with E-state index in [-0.39, 0.29) is 0 Å². The molecule has 2 aromatic rings. The molecule has 3 heterocycles. The van der Waals surface area contributed by atoms with Crippen molar-refractivity contribution in [1.29, 1.82) is 0 Å².